The molecule has 1 unspecified atom stereocenters. The molecular formula is C10H19N3S. The summed E-state index contributed by atoms with van der Waals surface area (Å²) in [6.07, 6.45) is 6.42. The number of hydrogen-bond acceptors (Lipinski definition) is 3. The first-order chi connectivity index (χ1) is 6.90. The summed E-state index contributed by atoms with van der Waals surface area (Å²) < 4.78 is 0. The predicted molar refractivity (Wildman–Crippen MR) is 62.4 cm³/mol. The van der Waals surface area contributed by atoms with Crippen LogP contribution in [0.25, 0.3) is 0 Å². The zero-order chi connectivity index (χ0) is 9.80. The molecule has 0 aromatic carbocycles. The van der Waals surface area contributed by atoms with Gasteiger partial charge in [0.25, 0.3) is 0 Å². The second-order valence-electron chi connectivity index (χ2n) is 4.16. The number of hydrogen-bond donors (Lipinski definition) is 2. The Balaban J connectivity index is 1.95. The van der Waals surface area contributed by atoms with Crippen LogP contribution in [-0.2, 0) is 0 Å². The number of nitrogens with zero attached hydrogens (tertiary/aromatic N) is 1. The second-order valence-corrected chi connectivity index (χ2v) is 5.31. The number of aliphatic imine (C=N–C) groups is 1. The van der Waals surface area contributed by atoms with Crippen molar-refractivity contribution in [2.45, 2.75) is 38.1 Å². The molecule has 2 fully saturated rings. The van der Waals surface area contributed by atoms with Gasteiger partial charge in [-0.2, -0.15) is 11.8 Å². The maximum Gasteiger partial charge on any atom is 0.115 e. The van der Waals surface area contributed by atoms with Crippen molar-refractivity contribution in [3.8, 4) is 0 Å². The fraction of sp³-hybridized carbons (Fsp3) is 0.900. The lowest BCUT2D eigenvalue weighted by Crippen LogP contribution is -2.37. The average Bonchev–Trinajstić information content (AvgIpc) is 2.86. The third kappa shape index (κ3) is 2.42. The molecule has 1 heterocycles. The molecule has 0 aromatic rings. The average molecular weight is 213 g/mol. The van der Waals surface area contributed by atoms with E-state index in [0.29, 0.717) is 12.0 Å². The molecule has 80 valence electrons. The van der Waals surface area contributed by atoms with Crippen LogP contribution in [-0.4, -0.2) is 23.4 Å². The molecule has 14 heavy (non-hydrogen) atoms. The zero-order valence-electron chi connectivity index (χ0n) is 8.54. The monoisotopic (exact) mass is 213 g/mol. The van der Waals surface area contributed by atoms with Gasteiger partial charge in [0, 0.05) is 11.7 Å². The highest BCUT2D eigenvalue weighted by molar-refractivity contribution is 7.99. The van der Waals surface area contributed by atoms with E-state index in [1.807, 2.05) is 11.8 Å². The summed E-state index contributed by atoms with van der Waals surface area (Å²) in [5.41, 5.74) is 2.81. The van der Waals surface area contributed by atoms with Crippen molar-refractivity contribution >= 4 is 17.6 Å². The molecule has 1 aliphatic carbocycles. The van der Waals surface area contributed by atoms with Crippen molar-refractivity contribution in [2.75, 3.05) is 11.5 Å². The Morgan fingerprint density at radius 3 is 2.64 bits per heavy atom. The Kier molecular flexibility index (Phi) is 3.70. The first-order valence-electron chi connectivity index (χ1n) is 5.52. The van der Waals surface area contributed by atoms with Gasteiger partial charge in [-0.1, -0.05) is 12.8 Å². The molecule has 2 aliphatic rings. The van der Waals surface area contributed by atoms with Gasteiger partial charge in [-0.25, -0.2) is 5.84 Å². The summed E-state index contributed by atoms with van der Waals surface area (Å²) in [5.74, 6) is 9.64. The molecule has 0 amide bonds. The molecule has 0 spiro atoms. The van der Waals surface area contributed by atoms with Gasteiger partial charge in [-0.05, 0) is 25.0 Å². The highest BCUT2D eigenvalue weighted by Crippen LogP contribution is 2.26. The van der Waals surface area contributed by atoms with E-state index in [-0.39, 0.29) is 0 Å². The number of rotatable bonds is 2. The summed E-state index contributed by atoms with van der Waals surface area (Å²) in [6, 6.07) is 0.548. The predicted octanol–water partition coefficient (Wildman–Crippen LogP) is 1.54. The largest absolute Gasteiger partial charge is 0.312 e. The lowest BCUT2D eigenvalue weighted by molar-refractivity contribution is 0.668. The van der Waals surface area contributed by atoms with Crippen molar-refractivity contribution in [1.82, 2.24) is 5.43 Å². The number of nitrogens with one attached hydrogen (secondary N) is 1. The number of nitrogens with two attached hydrogens (primary N) is 1. The molecule has 0 radical (unpaired) electrons. The van der Waals surface area contributed by atoms with E-state index < -0.39 is 0 Å². The summed E-state index contributed by atoms with van der Waals surface area (Å²) in [4.78, 5) is 4.74. The molecule has 0 bridgehead atoms. The molecular weight excluding hydrogens is 194 g/mol. The van der Waals surface area contributed by atoms with Gasteiger partial charge < -0.3 is 5.43 Å². The fourth-order valence-electron chi connectivity index (χ4n) is 2.24. The molecule has 1 atom stereocenters. The van der Waals surface area contributed by atoms with Crippen LogP contribution in [0, 0.1) is 5.92 Å². The maximum atomic E-state index is 5.54. The van der Waals surface area contributed by atoms with Gasteiger partial charge in [0.15, 0.2) is 0 Å². The third-order valence-corrected chi connectivity index (χ3v) is 4.27. The van der Waals surface area contributed by atoms with Crippen LogP contribution in [0.3, 0.4) is 0 Å². The van der Waals surface area contributed by atoms with Gasteiger partial charge in [0.1, 0.15) is 5.84 Å². The smallest absolute Gasteiger partial charge is 0.115 e. The van der Waals surface area contributed by atoms with E-state index in [4.69, 9.17) is 10.8 Å². The molecule has 1 saturated heterocycles. The van der Waals surface area contributed by atoms with Crippen molar-refractivity contribution in [2.24, 2.45) is 16.8 Å². The minimum Gasteiger partial charge on any atom is -0.312 e. The molecule has 3 nitrogen and oxygen atoms in total. The third-order valence-electron chi connectivity index (χ3n) is 3.11. The maximum absolute atomic E-state index is 5.54. The molecule has 1 saturated carbocycles. The molecule has 2 rings (SSSR count). The number of amidine groups is 1. The minimum absolute atomic E-state index is 0.548. The van der Waals surface area contributed by atoms with Gasteiger partial charge in [0.2, 0.25) is 0 Å². The van der Waals surface area contributed by atoms with Crippen LogP contribution in [0.15, 0.2) is 4.99 Å². The number of thioether (sulfide) groups is 1. The summed E-state index contributed by atoms with van der Waals surface area (Å²) >= 11 is 2.01. The first kappa shape index (κ1) is 10.3. The summed E-state index contributed by atoms with van der Waals surface area (Å²) in [7, 11) is 0. The standard InChI is InChI=1S/C10H19N3S/c11-13-10(8-5-6-14-7-8)12-9-3-1-2-4-9/h8-9H,1-7,11H2,(H,12,13). The Hall–Kier alpha value is -0.220. The van der Waals surface area contributed by atoms with E-state index in [0.717, 1.165) is 5.84 Å². The first-order valence-corrected chi connectivity index (χ1v) is 6.67. The van der Waals surface area contributed by atoms with Crippen molar-refractivity contribution < 1.29 is 0 Å². The second kappa shape index (κ2) is 5.03. The van der Waals surface area contributed by atoms with E-state index in [2.05, 4.69) is 5.43 Å². The van der Waals surface area contributed by atoms with Gasteiger partial charge in [-0.15, -0.1) is 0 Å². The van der Waals surface area contributed by atoms with Crippen LogP contribution in [0.2, 0.25) is 0 Å². The highest BCUT2D eigenvalue weighted by atomic mass is 32.2. The lowest BCUT2D eigenvalue weighted by Gasteiger charge is -2.14. The molecule has 1 aliphatic heterocycles. The van der Waals surface area contributed by atoms with E-state index >= 15 is 0 Å². The molecule has 4 heteroatoms. The lowest BCUT2D eigenvalue weighted by atomic mass is 10.1. The fourth-order valence-corrected chi connectivity index (χ4v) is 3.47. The van der Waals surface area contributed by atoms with E-state index in [1.165, 1.54) is 43.6 Å². The van der Waals surface area contributed by atoms with E-state index in [1.54, 1.807) is 0 Å². The highest BCUT2D eigenvalue weighted by Gasteiger charge is 2.22. The Morgan fingerprint density at radius 2 is 2.07 bits per heavy atom. The van der Waals surface area contributed by atoms with Crippen LogP contribution in [0.1, 0.15) is 32.1 Å². The summed E-state index contributed by atoms with van der Waals surface area (Å²) in [5, 5.41) is 0. The summed E-state index contributed by atoms with van der Waals surface area (Å²) in [6.45, 7) is 0. The van der Waals surface area contributed by atoms with Crippen molar-refractivity contribution in [3.63, 3.8) is 0 Å². The SMILES string of the molecule is NNC(=NC1CCCC1)C1CCSC1. The Bertz CT molecular complexity index is 205. The van der Waals surface area contributed by atoms with Crippen LogP contribution in [0.4, 0.5) is 0 Å². The Morgan fingerprint density at radius 1 is 1.29 bits per heavy atom. The molecule has 0 aromatic heterocycles. The van der Waals surface area contributed by atoms with Crippen LogP contribution < -0.4 is 11.3 Å². The normalized spacial score (nSPS) is 29.8. The van der Waals surface area contributed by atoms with Crippen molar-refractivity contribution in [1.29, 1.82) is 0 Å². The molecule has 3 N–H and O–H groups in total. The van der Waals surface area contributed by atoms with Gasteiger partial charge in [0.05, 0.1) is 6.04 Å². The number of hydrazine groups is 1. The topological polar surface area (TPSA) is 50.4 Å². The quantitative estimate of drug-likeness (QED) is 0.317. The van der Waals surface area contributed by atoms with Crippen molar-refractivity contribution in [3.05, 3.63) is 0 Å². The minimum atomic E-state index is 0.548. The van der Waals surface area contributed by atoms with E-state index in [9.17, 15) is 0 Å². The van der Waals surface area contributed by atoms with Gasteiger partial charge in [-0.3, -0.25) is 4.99 Å². The zero-order valence-corrected chi connectivity index (χ0v) is 9.35. The van der Waals surface area contributed by atoms with Crippen LogP contribution in [0.5, 0.6) is 0 Å². The Labute approximate surface area is 89.9 Å². The van der Waals surface area contributed by atoms with Gasteiger partial charge >= 0.3 is 0 Å². The van der Waals surface area contributed by atoms with Crippen LogP contribution >= 0.6 is 11.8 Å².